The van der Waals surface area contributed by atoms with Gasteiger partial charge in [-0.2, -0.15) is 5.10 Å². The van der Waals surface area contributed by atoms with E-state index >= 15 is 0 Å². The van der Waals surface area contributed by atoms with Gasteiger partial charge in [0, 0.05) is 25.2 Å². The summed E-state index contributed by atoms with van der Waals surface area (Å²) in [4.78, 5) is 28.9. The van der Waals surface area contributed by atoms with Crippen LogP contribution in [0.2, 0.25) is 0 Å². The number of carbonyl (C=O) groups excluding carboxylic acids is 1. The second kappa shape index (κ2) is 7.22. The summed E-state index contributed by atoms with van der Waals surface area (Å²) in [6.45, 7) is 6.56. The van der Waals surface area contributed by atoms with Gasteiger partial charge < -0.3 is 15.0 Å². The van der Waals surface area contributed by atoms with Crippen molar-refractivity contribution in [3.63, 3.8) is 0 Å². The van der Waals surface area contributed by atoms with E-state index < -0.39 is 10.5 Å². The molecule has 1 saturated heterocycles. The zero-order valence-electron chi connectivity index (χ0n) is 15.6. The fourth-order valence-electron chi connectivity index (χ4n) is 2.85. The van der Waals surface area contributed by atoms with Crippen LogP contribution in [0.1, 0.15) is 27.2 Å². The van der Waals surface area contributed by atoms with Gasteiger partial charge in [-0.3, -0.25) is 10.1 Å². The van der Waals surface area contributed by atoms with Crippen LogP contribution in [0.5, 0.6) is 0 Å². The number of fused-ring (bicyclic) bond motifs is 1. The van der Waals surface area contributed by atoms with Crippen LogP contribution in [0.4, 0.5) is 16.3 Å². The van der Waals surface area contributed by atoms with E-state index in [0.717, 1.165) is 11.4 Å². The number of hydrogen-bond donors (Lipinski definition) is 1. The third-order valence-electron chi connectivity index (χ3n) is 4.02. The van der Waals surface area contributed by atoms with E-state index in [4.69, 9.17) is 4.74 Å². The largest absolute Gasteiger partial charge is 0.444 e. The van der Waals surface area contributed by atoms with Crippen molar-refractivity contribution < 1.29 is 14.5 Å². The van der Waals surface area contributed by atoms with Gasteiger partial charge in [0.05, 0.1) is 4.92 Å². The molecule has 2 aromatic heterocycles. The molecule has 1 aliphatic heterocycles. The van der Waals surface area contributed by atoms with Crippen LogP contribution >= 0.6 is 11.8 Å². The molecule has 10 nitrogen and oxygen atoms in total. The number of thioether (sulfide) groups is 1. The first kappa shape index (κ1) is 19.2. The molecule has 1 fully saturated rings. The zero-order chi connectivity index (χ0) is 19.8. The van der Waals surface area contributed by atoms with Crippen LogP contribution < -0.4 is 5.32 Å². The first-order valence-corrected chi connectivity index (χ1v) is 9.72. The number of nitrogens with zero attached hydrogens (tertiary/aromatic N) is 5. The maximum atomic E-state index is 12.2. The minimum Gasteiger partial charge on any atom is -0.444 e. The van der Waals surface area contributed by atoms with Gasteiger partial charge >= 0.3 is 11.8 Å². The summed E-state index contributed by atoms with van der Waals surface area (Å²) < 4.78 is 6.85. The molecule has 0 bridgehead atoms. The van der Waals surface area contributed by atoms with Crippen molar-refractivity contribution in [1.29, 1.82) is 0 Å². The molecular weight excluding hydrogens is 372 g/mol. The van der Waals surface area contributed by atoms with Crippen molar-refractivity contribution in [3.05, 3.63) is 22.4 Å². The number of amides is 1. The predicted octanol–water partition coefficient (Wildman–Crippen LogP) is 2.78. The molecule has 0 aromatic carbocycles. The number of ether oxygens (including phenoxy) is 1. The molecule has 1 aliphatic rings. The first-order valence-electron chi connectivity index (χ1n) is 8.49. The smallest absolute Gasteiger partial charge is 0.410 e. The number of likely N-dealkylation sites (tertiary alicyclic amines) is 1. The van der Waals surface area contributed by atoms with E-state index in [-0.39, 0.29) is 23.5 Å². The second-order valence-corrected chi connectivity index (χ2v) is 8.09. The van der Waals surface area contributed by atoms with E-state index in [9.17, 15) is 14.9 Å². The van der Waals surface area contributed by atoms with E-state index in [0.29, 0.717) is 18.9 Å². The van der Waals surface area contributed by atoms with Crippen molar-refractivity contribution in [3.8, 4) is 0 Å². The quantitative estimate of drug-likeness (QED) is 0.364. The number of nitro groups is 1. The fraction of sp³-hybridized carbons (Fsp3) is 0.562. The Balaban J connectivity index is 1.76. The minimum atomic E-state index is -0.538. The number of nitrogens with one attached hydrogen (secondary N) is 1. The maximum absolute atomic E-state index is 12.2. The summed E-state index contributed by atoms with van der Waals surface area (Å²) in [6.07, 6.45) is 3.46. The van der Waals surface area contributed by atoms with Gasteiger partial charge in [0.25, 0.3) is 0 Å². The number of anilines is 1. The van der Waals surface area contributed by atoms with Crippen molar-refractivity contribution >= 4 is 35.0 Å². The van der Waals surface area contributed by atoms with Gasteiger partial charge in [0.15, 0.2) is 0 Å². The van der Waals surface area contributed by atoms with Gasteiger partial charge in [-0.15, -0.1) is 11.8 Å². The number of aromatic nitrogens is 3. The Kier molecular flexibility index (Phi) is 5.13. The van der Waals surface area contributed by atoms with Crippen LogP contribution in [0, 0.1) is 10.1 Å². The van der Waals surface area contributed by atoms with E-state index in [1.54, 1.807) is 11.0 Å². The summed E-state index contributed by atoms with van der Waals surface area (Å²) in [5.74, 6) is 0.520. The molecule has 1 amide bonds. The molecule has 0 spiro atoms. The standard InChI is InChI=1S/C16H22N6O4S/c1-16(2,3)26-15(23)20-6-5-10(9-20)18-12-7-13(27-4)21-14(19-12)11(8-17-21)22(24)25/h7-8,10H,5-6,9H2,1-4H3,(H,18,19)/t10-/m0/s1. The Hall–Kier alpha value is -2.56. The molecule has 11 heteroatoms. The van der Waals surface area contributed by atoms with Crippen LogP contribution in [0.3, 0.4) is 0 Å². The maximum Gasteiger partial charge on any atom is 0.410 e. The Morgan fingerprint density at radius 3 is 2.85 bits per heavy atom. The third kappa shape index (κ3) is 4.24. The highest BCUT2D eigenvalue weighted by atomic mass is 32.2. The molecule has 0 aliphatic carbocycles. The topological polar surface area (TPSA) is 115 Å². The van der Waals surface area contributed by atoms with Crippen LogP contribution in [0.25, 0.3) is 5.65 Å². The van der Waals surface area contributed by atoms with E-state index in [1.807, 2.05) is 27.0 Å². The van der Waals surface area contributed by atoms with Gasteiger partial charge in [0.2, 0.25) is 5.65 Å². The molecule has 2 aromatic rings. The van der Waals surface area contributed by atoms with Crippen LogP contribution in [0.15, 0.2) is 17.3 Å². The number of hydrogen-bond acceptors (Lipinski definition) is 8. The Morgan fingerprint density at radius 1 is 1.48 bits per heavy atom. The van der Waals surface area contributed by atoms with E-state index in [2.05, 4.69) is 15.4 Å². The van der Waals surface area contributed by atoms with Gasteiger partial charge in [-0.05, 0) is 33.4 Å². The van der Waals surface area contributed by atoms with Gasteiger partial charge in [-0.1, -0.05) is 0 Å². The summed E-state index contributed by atoms with van der Waals surface area (Å²) in [5, 5.41) is 19.2. The highest BCUT2D eigenvalue weighted by Crippen LogP contribution is 2.26. The molecule has 3 heterocycles. The average Bonchev–Trinajstić information content (AvgIpc) is 3.19. The minimum absolute atomic E-state index is 0.0100. The third-order valence-corrected chi connectivity index (χ3v) is 4.73. The molecule has 27 heavy (non-hydrogen) atoms. The van der Waals surface area contributed by atoms with Crippen molar-refractivity contribution in [1.82, 2.24) is 19.5 Å². The van der Waals surface area contributed by atoms with Crippen LogP contribution in [-0.2, 0) is 4.74 Å². The average molecular weight is 394 g/mol. The molecule has 0 radical (unpaired) electrons. The van der Waals surface area contributed by atoms with Crippen molar-refractivity contribution in [2.24, 2.45) is 0 Å². The Labute approximate surface area is 160 Å². The highest BCUT2D eigenvalue weighted by molar-refractivity contribution is 7.98. The Morgan fingerprint density at radius 2 is 2.22 bits per heavy atom. The molecule has 1 atom stereocenters. The molecule has 0 saturated carbocycles. The molecule has 1 N–H and O–H groups in total. The second-order valence-electron chi connectivity index (χ2n) is 7.26. The molecule has 146 valence electrons. The Bertz CT molecular complexity index is 878. The lowest BCUT2D eigenvalue weighted by Crippen LogP contribution is -2.36. The highest BCUT2D eigenvalue weighted by Gasteiger charge is 2.30. The predicted molar refractivity (Wildman–Crippen MR) is 101 cm³/mol. The van der Waals surface area contributed by atoms with Gasteiger partial charge in [-0.25, -0.2) is 14.3 Å². The lowest BCUT2D eigenvalue weighted by molar-refractivity contribution is -0.383. The fourth-order valence-corrected chi connectivity index (χ4v) is 3.39. The molecule has 3 rings (SSSR count). The van der Waals surface area contributed by atoms with E-state index in [1.165, 1.54) is 22.5 Å². The summed E-state index contributed by atoms with van der Waals surface area (Å²) in [7, 11) is 0. The van der Waals surface area contributed by atoms with Crippen molar-refractivity contribution in [2.75, 3.05) is 24.7 Å². The summed E-state index contributed by atoms with van der Waals surface area (Å²) in [6, 6.07) is 1.79. The number of rotatable bonds is 4. The first-order chi connectivity index (χ1) is 12.7. The SMILES string of the molecule is CSc1cc(N[C@H]2CCN(C(=O)OC(C)(C)C)C2)nc2c([N+](=O)[O-])cnn12. The molecule has 0 unspecified atom stereocenters. The summed E-state index contributed by atoms with van der Waals surface area (Å²) in [5.41, 5.74) is -0.490. The number of carbonyl (C=O) groups is 1. The van der Waals surface area contributed by atoms with Gasteiger partial charge in [0.1, 0.15) is 22.6 Å². The zero-order valence-corrected chi connectivity index (χ0v) is 16.4. The molecular formula is C16H22N6O4S. The summed E-state index contributed by atoms with van der Waals surface area (Å²) >= 11 is 1.42. The normalized spacial score (nSPS) is 17.3. The van der Waals surface area contributed by atoms with Crippen molar-refractivity contribution in [2.45, 2.75) is 43.9 Å². The lowest BCUT2D eigenvalue weighted by Gasteiger charge is -2.24. The van der Waals surface area contributed by atoms with Crippen LogP contribution in [-0.4, -0.2) is 61.5 Å². The lowest BCUT2D eigenvalue weighted by atomic mass is 10.2. The monoisotopic (exact) mass is 394 g/mol.